The van der Waals surface area contributed by atoms with E-state index in [1.807, 2.05) is 0 Å². The molecule has 1 aromatic carbocycles. The van der Waals surface area contributed by atoms with Crippen LogP contribution in [0.1, 0.15) is 32.1 Å². The van der Waals surface area contributed by atoms with Crippen LogP contribution >= 0.6 is 27.5 Å². The first-order valence-electron chi connectivity index (χ1n) is 6.25. The highest BCUT2D eigenvalue weighted by atomic mass is 79.9. The minimum absolute atomic E-state index is 0.210. The fraction of sp³-hybridized carbons (Fsp3) is 0.429. The van der Waals surface area contributed by atoms with E-state index in [-0.39, 0.29) is 5.91 Å². The average Bonchev–Trinajstić information content (AvgIpc) is 2.42. The van der Waals surface area contributed by atoms with Crippen LogP contribution in [0.4, 0.5) is 5.69 Å². The van der Waals surface area contributed by atoms with Crippen LogP contribution in [0, 0.1) is 16.7 Å². The first-order chi connectivity index (χ1) is 9.07. The molecule has 0 spiro atoms. The number of nitriles is 1. The molecule has 100 valence electrons. The summed E-state index contributed by atoms with van der Waals surface area (Å²) >= 11 is 9.22. The number of benzene rings is 1. The first-order valence-corrected chi connectivity index (χ1v) is 7.42. The summed E-state index contributed by atoms with van der Waals surface area (Å²) in [6.07, 6.45) is 4.24. The van der Waals surface area contributed by atoms with Crippen molar-refractivity contribution in [1.29, 1.82) is 5.26 Å². The number of nitrogens with zero attached hydrogens (tertiary/aromatic N) is 1. The number of nitrogens with one attached hydrogen (secondary N) is 1. The number of carbonyl (C=O) groups is 1. The van der Waals surface area contributed by atoms with Crippen molar-refractivity contribution in [2.75, 3.05) is 5.32 Å². The molecule has 0 atom stereocenters. The Hall–Kier alpha value is -1.05. The van der Waals surface area contributed by atoms with Gasteiger partial charge in [-0.15, -0.1) is 0 Å². The number of halogens is 2. The molecule has 19 heavy (non-hydrogen) atoms. The molecular formula is C14H14BrClN2O. The smallest absolute Gasteiger partial charge is 0.244 e. The van der Waals surface area contributed by atoms with Crippen molar-refractivity contribution in [1.82, 2.24) is 0 Å². The third-order valence-corrected chi connectivity index (χ3v) is 4.43. The third kappa shape index (κ3) is 3.10. The maximum atomic E-state index is 12.4. The lowest BCUT2D eigenvalue weighted by molar-refractivity contribution is -0.124. The van der Waals surface area contributed by atoms with E-state index < -0.39 is 5.41 Å². The van der Waals surface area contributed by atoms with Crippen molar-refractivity contribution in [3.63, 3.8) is 0 Å². The fourth-order valence-corrected chi connectivity index (χ4v) is 3.16. The summed E-state index contributed by atoms with van der Waals surface area (Å²) in [6.45, 7) is 0. The van der Waals surface area contributed by atoms with Crippen LogP contribution in [0.2, 0.25) is 5.02 Å². The van der Waals surface area contributed by atoms with Crippen molar-refractivity contribution in [2.45, 2.75) is 32.1 Å². The van der Waals surface area contributed by atoms with E-state index in [2.05, 4.69) is 27.3 Å². The van der Waals surface area contributed by atoms with Gasteiger partial charge in [-0.1, -0.05) is 30.9 Å². The molecule has 0 heterocycles. The topological polar surface area (TPSA) is 52.9 Å². The van der Waals surface area contributed by atoms with E-state index in [0.717, 1.165) is 23.7 Å². The molecule has 1 saturated carbocycles. The van der Waals surface area contributed by atoms with Gasteiger partial charge in [0, 0.05) is 9.50 Å². The zero-order chi connectivity index (χ0) is 13.9. The van der Waals surface area contributed by atoms with Crippen molar-refractivity contribution in [2.24, 2.45) is 5.41 Å². The van der Waals surface area contributed by atoms with Crippen LogP contribution in [0.5, 0.6) is 0 Å². The summed E-state index contributed by atoms with van der Waals surface area (Å²) in [5, 5.41) is 12.8. The summed E-state index contributed by atoms with van der Waals surface area (Å²) in [6, 6.07) is 7.38. The molecule has 5 heteroatoms. The van der Waals surface area contributed by atoms with Gasteiger partial charge in [-0.2, -0.15) is 5.26 Å². The largest absolute Gasteiger partial charge is 0.324 e. The number of hydrogen-bond donors (Lipinski definition) is 1. The lowest BCUT2D eigenvalue weighted by Gasteiger charge is -2.29. The second-order valence-electron chi connectivity index (χ2n) is 4.83. The summed E-state index contributed by atoms with van der Waals surface area (Å²) in [5.41, 5.74) is -0.230. The Kier molecular flexibility index (Phi) is 4.49. The highest BCUT2D eigenvalue weighted by Gasteiger charge is 2.39. The minimum atomic E-state index is -0.878. The van der Waals surface area contributed by atoms with E-state index in [1.54, 1.807) is 18.2 Å². The van der Waals surface area contributed by atoms with E-state index in [1.165, 1.54) is 0 Å². The molecule has 0 aromatic heterocycles. The van der Waals surface area contributed by atoms with Gasteiger partial charge in [-0.05, 0) is 47.0 Å². The van der Waals surface area contributed by atoms with Crippen molar-refractivity contribution < 1.29 is 4.79 Å². The average molecular weight is 342 g/mol. The zero-order valence-corrected chi connectivity index (χ0v) is 12.7. The van der Waals surface area contributed by atoms with Crippen molar-refractivity contribution in [3.8, 4) is 6.07 Å². The van der Waals surface area contributed by atoms with Crippen LogP contribution in [-0.2, 0) is 4.79 Å². The number of anilines is 1. The molecule has 0 bridgehead atoms. The lowest BCUT2D eigenvalue weighted by Crippen LogP contribution is -2.36. The van der Waals surface area contributed by atoms with Crippen molar-refractivity contribution in [3.05, 3.63) is 27.7 Å². The highest BCUT2D eigenvalue weighted by molar-refractivity contribution is 9.10. The molecule has 1 N–H and O–H groups in total. The Morgan fingerprint density at radius 3 is 2.63 bits per heavy atom. The van der Waals surface area contributed by atoms with E-state index in [9.17, 15) is 10.1 Å². The van der Waals surface area contributed by atoms with Crippen LogP contribution < -0.4 is 5.32 Å². The Morgan fingerprint density at radius 2 is 2.05 bits per heavy atom. The molecule has 0 saturated heterocycles. The standard InChI is InChI=1S/C14H14BrClN2O/c15-11-8-10(16)4-5-12(11)18-13(19)14(9-17)6-2-1-3-7-14/h4-5,8H,1-3,6-7H2,(H,18,19). The third-order valence-electron chi connectivity index (χ3n) is 3.54. The fourth-order valence-electron chi connectivity index (χ4n) is 2.38. The maximum absolute atomic E-state index is 12.4. The van der Waals surface area contributed by atoms with Crippen LogP contribution in [0.25, 0.3) is 0 Å². The predicted molar refractivity (Wildman–Crippen MR) is 78.9 cm³/mol. The van der Waals surface area contributed by atoms with Gasteiger partial charge in [0.2, 0.25) is 5.91 Å². The van der Waals surface area contributed by atoms with E-state index in [4.69, 9.17) is 11.6 Å². The summed E-state index contributed by atoms with van der Waals surface area (Å²) < 4.78 is 0.720. The van der Waals surface area contributed by atoms with Crippen molar-refractivity contribution >= 4 is 39.1 Å². The summed E-state index contributed by atoms with van der Waals surface area (Å²) in [7, 11) is 0. The Balaban J connectivity index is 2.18. The predicted octanol–water partition coefficient (Wildman–Crippen LogP) is 4.52. The molecule has 2 rings (SSSR count). The lowest BCUT2D eigenvalue weighted by atomic mass is 9.74. The SMILES string of the molecule is N#CC1(C(=O)Nc2ccc(Cl)cc2Br)CCCCC1. The molecule has 1 aliphatic rings. The minimum Gasteiger partial charge on any atom is -0.324 e. The molecule has 0 radical (unpaired) electrons. The zero-order valence-electron chi connectivity index (χ0n) is 10.4. The highest BCUT2D eigenvalue weighted by Crippen LogP contribution is 2.37. The van der Waals surface area contributed by atoms with Crippen LogP contribution in [0.15, 0.2) is 22.7 Å². The van der Waals surface area contributed by atoms with E-state index in [0.29, 0.717) is 23.6 Å². The van der Waals surface area contributed by atoms with Gasteiger partial charge in [-0.25, -0.2) is 0 Å². The molecular weight excluding hydrogens is 328 g/mol. The quantitative estimate of drug-likeness (QED) is 0.860. The number of rotatable bonds is 2. The van der Waals surface area contributed by atoms with Gasteiger partial charge >= 0.3 is 0 Å². The molecule has 1 amide bonds. The summed E-state index contributed by atoms with van der Waals surface area (Å²) in [5.74, 6) is -0.210. The van der Waals surface area contributed by atoms with Crippen LogP contribution in [-0.4, -0.2) is 5.91 Å². The van der Waals surface area contributed by atoms with Gasteiger partial charge in [0.1, 0.15) is 5.41 Å². The van der Waals surface area contributed by atoms with Gasteiger partial charge in [0.25, 0.3) is 0 Å². The van der Waals surface area contributed by atoms with Gasteiger partial charge < -0.3 is 5.32 Å². The summed E-state index contributed by atoms with van der Waals surface area (Å²) in [4.78, 5) is 12.4. The molecule has 1 aromatic rings. The monoisotopic (exact) mass is 340 g/mol. The molecule has 3 nitrogen and oxygen atoms in total. The normalized spacial score (nSPS) is 17.5. The molecule has 1 aliphatic carbocycles. The molecule has 0 unspecified atom stereocenters. The Morgan fingerprint density at radius 1 is 1.37 bits per heavy atom. The van der Waals surface area contributed by atoms with Crippen LogP contribution in [0.3, 0.4) is 0 Å². The molecule has 1 fully saturated rings. The second-order valence-corrected chi connectivity index (χ2v) is 6.12. The number of amides is 1. The number of carbonyl (C=O) groups excluding carboxylic acids is 1. The van der Waals surface area contributed by atoms with Gasteiger partial charge in [0.05, 0.1) is 11.8 Å². The first kappa shape index (κ1) is 14.4. The number of hydrogen-bond acceptors (Lipinski definition) is 2. The van der Waals surface area contributed by atoms with E-state index >= 15 is 0 Å². The maximum Gasteiger partial charge on any atom is 0.244 e. The Labute approximate surface area is 126 Å². The molecule has 0 aliphatic heterocycles. The van der Waals surface area contributed by atoms with Gasteiger partial charge in [0.15, 0.2) is 0 Å². The second kappa shape index (κ2) is 5.94. The Bertz CT molecular complexity index is 533. The van der Waals surface area contributed by atoms with Gasteiger partial charge in [-0.3, -0.25) is 4.79 Å².